The van der Waals surface area contributed by atoms with Gasteiger partial charge >= 0.3 is 0 Å². The van der Waals surface area contributed by atoms with Crippen molar-refractivity contribution in [3.05, 3.63) is 42.1 Å². The van der Waals surface area contributed by atoms with Gasteiger partial charge in [0.25, 0.3) is 5.71 Å². The number of hydrogen-bond donors (Lipinski definition) is 0. The number of para-hydroxylation sites is 2. The first-order valence-corrected chi connectivity index (χ1v) is 7.90. The van der Waals surface area contributed by atoms with Gasteiger partial charge in [-0.05, 0) is 44.9 Å². The molecule has 3 aromatic rings. The molecule has 1 fully saturated rings. The van der Waals surface area contributed by atoms with E-state index in [0.717, 1.165) is 11.1 Å². The number of ether oxygens (including phenoxy) is 2. The predicted octanol–water partition coefficient (Wildman–Crippen LogP) is 4.68. The van der Waals surface area contributed by atoms with Crippen LogP contribution in [0.5, 0.6) is 17.4 Å². The van der Waals surface area contributed by atoms with E-state index in [1.54, 1.807) is 0 Å². The van der Waals surface area contributed by atoms with Crippen molar-refractivity contribution in [3.8, 4) is 17.4 Å². The van der Waals surface area contributed by atoms with Gasteiger partial charge in [-0.3, -0.25) is 0 Å². The highest BCUT2D eigenvalue weighted by atomic mass is 16.5. The molecule has 5 nitrogen and oxygen atoms in total. The molecule has 5 heteroatoms. The zero-order chi connectivity index (χ0) is 15.8. The summed E-state index contributed by atoms with van der Waals surface area (Å²) >= 11 is 0. The van der Waals surface area contributed by atoms with Crippen molar-refractivity contribution in [2.45, 2.75) is 38.7 Å². The summed E-state index contributed by atoms with van der Waals surface area (Å²) in [4.78, 5) is 4.41. The van der Waals surface area contributed by atoms with Crippen molar-refractivity contribution in [3.63, 3.8) is 0 Å². The Labute approximate surface area is 134 Å². The van der Waals surface area contributed by atoms with Crippen LogP contribution in [0.4, 0.5) is 0 Å². The molecule has 118 valence electrons. The van der Waals surface area contributed by atoms with Gasteiger partial charge in [0.1, 0.15) is 0 Å². The van der Waals surface area contributed by atoms with Crippen LogP contribution in [0.3, 0.4) is 0 Å². The Balaban J connectivity index is 1.63. The summed E-state index contributed by atoms with van der Waals surface area (Å²) < 4.78 is 17.0. The fourth-order valence-electron chi connectivity index (χ4n) is 2.54. The molecule has 4 rings (SSSR count). The third-order valence-corrected chi connectivity index (χ3v) is 3.73. The Morgan fingerprint density at radius 3 is 2.61 bits per heavy atom. The van der Waals surface area contributed by atoms with Crippen LogP contribution in [0.25, 0.3) is 11.1 Å². The van der Waals surface area contributed by atoms with Crippen LogP contribution in [0, 0.1) is 0 Å². The Kier molecular flexibility index (Phi) is 3.41. The molecule has 0 saturated heterocycles. The minimum absolute atomic E-state index is 0.0746. The van der Waals surface area contributed by atoms with Gasteiger partial charge in [-0.2, -0.15) is 4.98 Å². The summed E-state index contributed by atoms with van der Waals surface area (Å²) in [6.45, 7) is 3.96. The molecule has 0 spiro atoms. The van der Waals surface area contributed by atoms with E-state index in [1.807, 2.05) is 50.2 Å². The SMILES string of the molecule is CC(C)Oc1ccccc1Oc1ccc2c(C3CC3)noc2n1. The quantitative estimate of drug-likeness (QED) is 0.685. The van der Waals surface area contributed by atoms with E-state index in [0.29, 0.717) is 29.0 Å². The van der Waals surface area contributed by atoms with Crippen LogP contribution in [0.15, 0.2) is 40.9 Å². The van der Waals surface area contributed by atoms with Gasteiger partial charge in [0.15, 0.2) is 11.5 Å². The monoisotopic (exact) mass is 310 g/mol. The molecular formula is C18H18N2O3. The Bertz CT molecular complexity index is 837. The summed E-state index contributed by atoms with van der Waals surface area (Å²) in [5, 5.41) is 5.12. The van der Waals surface area contributed by atoms with Gasteiger partial charge in [-0.25, -0.2) is 0 Å². The highest BCUT2D eigenvalue weighted by Crippen LogP contribution is 2.42. The average Bonchev–Trinajstić information content (AvgIpc) is 3.29. The van der Waals surface area contributed by atoms with E-state index in [9.17, 15) is 0 Å². The predicted molar refractivity (Wildman–Crippen MR) is 86.1 cm³/mol. The lowest BCUT2D eigenvalue weighted by Gasteiger charge is -2.13. The second-order valence-corrected chi connectivity index (χ2v) is 6.06. The molecule has 23 heavy (non-hydrogen) atoms. The molecule has 0 amide bonds. The minimum atomic E-state index is 0.0746. The van der Waals surface area contributed by atoms with Crippen molar-refractivity contribution in [2.75, 3.05) is 0 Å². The normalized spacial score (nSPS) is 14.4. The smallest absolute Gasteiger partial charge is 0.261 e. The fraction of sp³-hybridized carbons (Fsp3) is 0.333. The Hall–Kier alpha value is -2.56. The number of rotatable bonds is 5. The van der Waals surface area contributed by atoms with Crippen LogP contribution >= 0.6 is 0 Å². The summed E-state index contributed by atoms with van der Waals surface area (Å²) in [5.74, 6) is 2.33. The van der Waals surface area contributed by atoms with Crippen LogP contribution in [0.2, 0.25) is 0 Å². The average molecular weight is 310 g/mol. The third-order valence-electron chi connectivity index (χ3n) is 3.73. The number of aromatic nitrogens is 2. The molecule has 1 aliphatic rings. The number of nitrogens with zero attached hydrogens (tertiary/aromatic N) is 2. The molecule has 0 atom stereocenters. The highest BCUT2D eigenvalue weighted by molar-refractivity contribution is 5.77. The van der Waals surface area contributed by atoms with Crippen molar-refractivity contribution in [1.82, 2.24) is 10.1 Å². The minimum Gasteiger partial charge on any atom is -0.487 e. The van der Waals surface area contributed by atoms with Gasteiger partial charge in [-0.1, -0.05) is 17.3 Å². The number of hydrogen-bond acceptors (Lipinski definition) is 5. The van der Waals surface area contributed by atoms with Gasteiger partial charge in [0.05, 0.1) is 17.2 Å². The van der Waals surface area contributed by atoms with Crippen LogP contribution in [0.1, 0.15) is 38.3 Å². The number of fused-ring (bicyclic) bond motifs is 1. The van der Waals surface area contributed by atoms with Gasteiger partial charge < -0.3 is 14.0 Å². The molecule has 0 radical (unpaired) electrons. The molecule has 1 saturated carbocycles. The molecule has 2 aromatic heterocycles. The standard InChI is InChI=1S/C18H18N2O3/c1-11(2)21-14-5-3-4-6-15(14)22-16-10-9-13-17(12-7-8-12)20-23-18(13)19-16/h3-6,9-12H,7-8H2,1-2H3. The molecular weight excluding hydrogens is 292 g/mol. The van der Waals surface area contributed by atoms with Gasteiger partial charge in [-0.15, -0.1) is 0 Å². The molecule has 0 aliphatic heterocycles. The molecule has 2 heterocycles. The second-order valence-electron chi connectivity index (χ2n) is 6.06. The molecule has 1 aliphatic carbocycles. The van der Waals surface area contributed by atoms with E-state index in [-0.39, 0.29) is 6.10 Å². The van der Waals surface area contributed by atoms with Crippen molar-refractivity contribution in [2.24, 2.45) is 0 Å². The molecule has 0 N–H and O–H groups in total. The lowest BCUT2D eigenvalue weighted by molar-refractivity contribution is 0.233. The highest BCUT2D eigenvalue weighted by Gasteiger charge is 2.29. The topological polar surface area (TPSA) is 57.4 Å². The number of pyridine rings is 1. The lowest BCUT2D eigenvalue weighted by atomic mass is 10.2. The van der Waals surface area contributed by atoms with Gasteiger partial charge in [0, 0.05) is 12.0 Å². The zero-order valence-corrected chi connectivity index (χ0v) is 13.2. The fourth-order valence-corrected chi connectivity index (χ4v) is 2.54. The summed E-state index contributed by atoms with van der Waals surface area (Å²) in [7, 11) is 0. The first-order valence-electron chi connectivity index (χ1n) is 7.90. The Morgan fingerprint density at radius 2 is 1.87 bits per heavy atom. The van der Waals surface area contributed by atoms with Crippen molar-refractivity contribution in [1.29, 1.82) is 0 Å². The van der Waals surface area contributed by atoms with Crippen molar-refractivity contribution < 1.29 is 14.0 Å². The van der Waals surface area contributed by atoms with E-state index in [4.69, 9.17) is 14.0 Å². The lowest BCUT2D eigenvalue weighted by Crippen LogP contribution is -2.06. The maximum absolute atomic E-state index is 5.88. The third kappa shape index (κ3) is 2.86. The molecule has 0 bridgehead atoms. The molecule has 0 unspecified atom stereocenters. The first-order chi connectivity index (χ1) is 11.2. The van der Waals surface area contributed by atoms with E-state index in [1.165, 1.54) is 12.8 Å². The summed E-state index contributed by atoms with van der Waals surface area (Å²) in [5.41, 5.74) is 1.54. The maximum atomic E-state index is 5.88. The van der Waals surface area contributed by atoms with E-state index >= 15 is 0 Å². The van der Waals surface area contributed by atoms with E-state index < -0.39 is 0 Å². The second kappa shape index (κ2) is 5.57. The summed E-state index contributed by atoms with van der Waals surface area (Å²) in [6, 6.07) is 11.4. The maximum Gasteiger partial charge on any atom is 0.261 e. The van der Waals surface area contributed by atoms with Crippen LogP contribution < -0.4 is 9.47 Å². The Morgan fingerprint density at radius 1 is 1.09 bits per heavy atom. The van der Waals surface area contributed by atoms with Crippen LogP contribution in [-0.2, 0) is 0 Å². The summed E-state index contributed by atoms with van der Waals surface area (Å²) in [6.07, 6.45) is 2.44. The van der Waals surface area contributed by atoms with Crippen molar-refractivity contribution >= 4 is 11.1 Å². The van der Waals surface area contributed by atoms with Crippen LogP contribution in [-0.4, -0.2) is 16.2 Å². The number of benzene rings is 1. The van der Waals surface area contributed by atoms with Gasteiger partial charge in [0.2, 0.25) is 5.88 Å². The first kappa shape index (κ1) is 14.1. The molecule has 1 aromatic carbocycles. The van der Waals surface area contributed by atoms with E-state index in [2.05, 4.69) is 10.1 Å². The zero-order valence-electron chi connectivity index (χ0n) is 13.2. The largest absolute Gasteiger partial charge is 0.487 e.